The summed E-state index contributed by atoms with van der Waals surface area (Å²) in [7, 11) is 0. The van der Waals surface area contributed by atoms with Crippen molar-refractivity contribution in [1.82, 2.24) is 5.16 Å². The molecule has 1 saturated carbocycles. The van der Waals surface area contributed by atoms with Crippen LogP contribution in [0.1, 0.15) is 44.1 Å². The maximum atomic E-state index is 12.2. The summed E-state index contributed by atoms with van der Waals surface area (Å²) in [4.78, 5) is 12.2. The van der Waals surface area contributed by atoms with Crippen molar-refractivity contribution < 1.29 is 9.32 Å². The van der Waals surface area contributed by atoms with Crippen LogP contribution in [0.4, 0.5) is 5.69 Å². The third-order valence-corrected chi connectivity index (χ3v) is 3.60. The van der Waals surface area contributed by atoms with Crippen LogP contribution in [0.2, 0.25) is 0 Å². The molecule has 3 N–H and O–H groups in total. The zero-order valence-electron chi connectivity index (χ0n) is 11.0. The lowest BCUT2D eigenvalue weighted by molar-refractivity contribution is -0.120. The third kappa shape index (κ3) is 2.72. The molecule has 0 saturated heterocycles. The molecule has 0 aromatic carbocycles. The molecule has 1 amide bonds. The average molecular weight is 251 g/mol. The van der Waals surface area contributed by atoms with Gasteiger partial charge in [0.1, 0.15) is 11.4 Å². The Morgan fingerprint density at radius 1 is 1.56 bits per heavy atom. The summed E-state index contributed by atoms with van der Waals surface area (Å²) in [5.74, 6) is 0.735. The summed E-state index contributed by atoms with van der Waals surface area (Å²) in [5, 5.41) is 6.88. The van der Waals surface area contributed by atoms with Gasteiger partial charge in [-0.05, 0) is 32.6 Å². The van der Waals surface area contributed by atoms with Gasteiger partial charge in [-0.25, -0.2) is 0 Å². The van der Waals surface area contributed by atoms with Crippen LogP contribution in [0.5, 0.6) is 0 Å². The highest BCUT2D eigenvalue weighted by Crippen LogP contribution is 2.26. The summed E-state index contributed by atoms with van der Waals surface area (Å²) < 4.78 is 5.11. The van der Waals surface area contributed by atoms with Crippen LogP contribution < -0.4 is 11.1 Å². The van der Waals surface area contributed by atoms with Gasteiger partial charge in [-0.15, -0.1) is 0 Å². The maximum absolute atomic E-state index is 12.2. The van der Waals surface area contributed by atoms with Crippen LogP contribution in [-0.4, -0.2) is 17.1 Å². The Balaban J connectivity index is 2.04. The summed E-state index contributed by atoms with van der Waals surface area (Å²) in [5.41, 5.74) is 7.46. The molecule has 100 valence electrons. The van der Waals surface area contributed by atoms with Gasteiger partial charge < -0.3 is 15.6 Å². The number of hydrogen-bond acceptors (Lipinski definition) is 4. The van der Waals surface area contributed by atoms with E-state index in [0.29, 0.717) is 5.76 Å². The molecule has 1 aromatic heterocycles. The number of aryl methyl sites for hydroxylation is 2. The van der Waals surface area contributed by atoms with Crippen molar-refractivity contribution in [2.45, 2.75) is 52.0 Å². The number of nitrogens with two attached hydrogens (primary N) is 1. The second-order valence-corrected chi connectivity index (χ2v) is 5.03. The minimum atomic E-state index is 0.0211. The first kappa shape index (κ1) is 13.1. The number of aromatic nitrogens is 1. The van der Waals surface area contributed by atoms with E-state index in [1.54, 1.807) is 0 Å². The number of rotatable bonds is 3. The Hall–Kier alpha value is -1.36. The largest absolute Gasteiger partial charge is 0.359 e. The van der Waals surface area contributed by atoms with E-state index in [-0.39, 0.29) is 17.9 Å². The molecule has 2 atom stereocenters. The van der Waals surface area contributed by atoms with Crippen LogP contribution in [-0.2, 0) is 11.2 Å². The van der Waals surface area contributed by atoms with Gasteiger partial charge in [0, 0.05) is 12.0 Å². The molecule has 0 radical (unpaired) electrons. The zero-order chi connectivity index (χ0) is 13.1. The molecular weight excluding hydrogens is 230 g/mol. The standard InChI is InChI=1S/C13H21N3O2/c1-3-11-12(8(2)18-16-11)15-13(17)9-5-4-6-10(14)7-9/h9-10H,3-7,14H2,1-2H3,(H,15,17). The van der Waals surface area contributed by atoms with Crippen LogP contribution >= 0.6 is 0 Å². The molecule has 0 bridgehead atoms. The SMILES string of the molecule is CCc1noc(C)c1NC(=O)C1CCCC(N)C1. The molecule has 5 heteroatoms. The molecule has 0 spiro atoms. The van der Waals surface area contributed by atoms with Gasteiger partial charge in [0.05, 0.1) is 0 Å². The molecule has 0 aliphatic heterocycles. The smallest absolute Gasteiger partial charge is 0.227 e. The highest BCUT2D eigenvalue weighted by molar-refractivity contribution is 5.93. The molecule has 1 heterocycles. The first-order valence-corrected chi connectivity index (χ1v) is 6.63. The molecule has 18 heavy (non-hydrogen) atoms. The lowest BCUT2D eigenvalue weighted by Gasteiger charge is -2.25. The molecule has 1 aromatic rings. The van der Waals surface area contributed by atoms with Crippen LogP contribution in [0.15, 0.2) is 4.52 Å². The highest BCUT2D eigenvalue weighted by Gasteiger charge is 2.26. The van der Waals surface area contributed by atoms with Crippen molar-refractivity contribution in [3.63, 3.8) is 0 Å². The van der Waals surface area contributed by atoms with Gasteiger partial charge in [0.2, 0.25) is 5.91 Å². The van der Waals surface area contributed by atoms with Gasteiger partial charge in [0.15, 0.2) is 5.76 Å². The van der Waals surface area contributed by atoms with Gasteiger partial charge in [0.25, 0.3) is 0 Å². The van der Waals surface area contributed by atoms with E-state index in [1.165, 1.54) is 0 Å². The van der Waals surface area contributed by atoms with Crippen molar-refractivity contribution >= 4 is 11.6 Å². The van der Waals surface area contributed by atoms with E-state index < -0.39 is 0 Å². The fourth-order valence-electron chi connectivity index (χ4n) is 2.51. The number of anilines is 1. The van der Waals surface area contributed by atoms with E-state index in [1.807, 2.05) is 13.8 Å². The Bertz CT molecular complexity index is 428. The Kier molecular flexibility index (Phi) is 4.01. The molecule has 5 nitrogen and oxygen atoms in total. The highest BCUT2D eigenvalue weighted by atomic mass is 16.5. The lowest BCUT2D eigenvalue weighted by Crippen LogP contribution is -2.34. The fraction of sp³-hybridized carbons (Fsp3) is 0.692. The molecule has 1 aliphatic rings. The quantitative estimate of drug-likeness (QED) is 0.861. The number of carbonyl (C=O) groups is 1. The summed E-state index contributed by atoms with van der Waals surface area (Å²) in [6.45, 7) is 3.80. The van der Waals surface area contributed by atoms with Crippen molar-refractivity contribution in [2.75, 3.05) is 5.32 Å². The van der Waals surface area contributed by atoms with E-state index >= 15 is 0 Å². The molecule has 2 rings (SSSR count). The van der Waals surface area contributed by atoms with E-state index in [9.17, 15) is 4.79 Å². The zero-order valence-corrected chi connectivity index (χ0v) is 11.0. The summed E-state index contributed by atoms with van der Waals surface area (Å²) >= 11 is 0. The summed E-state index contributed by atoms with van der Waals surface area (Å²) in [6.07, 6.45) is 4.50. The van der Waals surface area contributed by atoms with Gasteiger partial charge in [-0.3, -0.25) is 4.79 Å². The normalized spacial score (nSPS) is 23.9. The Morgan fingerprint density at radius 2 is 2.33 bits per heavy atom. The molecule has 1 fully saturated rings. The first-order valence-electron chi connectivity index (χ1n) is 6.63. The summed E-state index contributed by atoms with van der Waals surface area (Å²) in [6, 6.07) is 0.156. The monoisotopic (exact) mass is 251 g/mol. The van der Waals surface area contributed by atoms with Crippen molar-refractivity contribution in [2.24, 2.45) is 11.7 Å². The number of hydrogen-bond donors (Lipinski definition) is 2. The number of carbonyl (C=O) groups excluding carboxylic acids is 1. The van der Waals surface area contributed by atoms with Crippen molar-refractivity contribution in [1.29, 1.82) is 0 Å². The number of nitrogens with one attached hydrogen (secondary N) is 1. The van der Waals surface area contributed by atoms with Crippen LogP contribution in [0.25, 0.3) is 0 Å². The second kappa shape index (κ2) is 5.52. The fourth-order valence-corrected chi connectivity index (χ4v) is 2.51. The first-order chi connectivity index (χ1) is 8.61. The van der Waals surface area contributed by atoms with Crippen molar-refractivity contribution in [3.05, 3.63) is 11.5 Å². The van der Waals surface area contributed by atoms with Crippen LogP contribution in [0.3, 0.4) is 0 Å². The minimum Gasteiger partial charge on any atom is -0.359 e. The van der Waals surface area contributed by atoms with Gasteiger partial charge >= 0.3 is 0 Å². The van der Waals surface area contributed by atoms with E-state index in [4.69, 9.17) is 10.3 Å². The van der Waals surface area contributed by atoms with Crippen molar-refractivity contribution in [3.8, 4) is 0 Å². The maximum Gasteiger partial charge on any atom is 0.227 e. The Labute approximate surface area is 107 Å². The number of nitrogens with zero attached hydrogens (tertiary/aromatic N) is 1. The topological polar surface area (TPSA) is 81.2 Å². The predicted molar refractivity (Wildman–Crippen MR) is 69.2 cm³/mol. The average Bonchev–Trinajstić information content (AvgIpc) is 2.70. The third-order valence-electron chi connectivity index (χ3n) is 3.60. The minimum absolute atomic E-state index is 0.0211. The van der Waals surface area contributed by atoms with E-state index in [0.717, 1.165) is 43.5 Å². The molecule has 1 aliphatic carbocycles. The van der Waals surface area contributed by atoms with Gasteiger partial charge in [-0.1, -0.05) is 18.5 Å². The van der Waals surface area contributed by atoms with Gasteiger partial charge in [-0.2, -0.15) is 0 Å². The van der Waals surface area contributed by atoms with Crippen LogP contribution in [0, 0.1) is 12.8 Å². The number of amides is 1. The second-order valence-electron chi connectivity index (χ2n) is 5.03. The molecule has 2 unspecified atom stereocenters. The predicted octanol–water partition coefficient (Wildman–Crippen LogP) is 2.00. The van der Waals surface area contributed by atoms with E-state index in [2.05, 4.69) is 10.5 Å². The molecular formula is C13H21N3O2. The lowest BCUT2D eigenvalue weighted by atomic mass is 9.85. The Morgan fingerprint density at radius 3 is 3.00 bits per heavy atom.